The van der Waals surface area contributed by atoms with Crippen molar-refractivity contribution < 1.29 is 21.6 Å². The minimum atomic E-state index is 0. The molecule has 0 bridgehead atoms. The smallest absolute Gasteiger partial charge is 0.232 e. The molecule has 0 spiro atoms. The maximum absolute atomic E-state index is 4.77. The number of hydrogen-bond acceptors (Lipinski definition) is 5. The first-order valence-electron chi connectivity index (χ1n) is 16.1. The second-order valence-electron chi connectivity index (χ2n) is 11.3. The van der Waals surface area contributed by atoms with Crippen LogP contribution in [0.3, 0.4) is 0 Å². The molecule has 7 heteroatoms. The zero-order valence-corrected chi connectivity index (χ0v) is 28.5. The molecular formula is C43H33FeN6+. The molecule has 2 aromatic carbocycles. The third-order valence-electron chi connectivity index (χ3n) is 8.06. The van der Waals surface area contributed by atoms with Crippen molar-refractivity contribution in [2.24, 2.45) is 7.05 Å². The fraction of sp³-hybridized carbons (Fsp3) is 0.0233. The molecule has 50 heavy (non-hydrogen) atoms. The van der Waals surface area contributed by atoms with Crippen molar-refractivity contribution >= 4 is 0 Å². The van der Waals surface area contributed by atoms with Crippen LogP contribution >= 0.6 is 0 Å². The van der Waals surface area contributed by atoms with E-state index in [1.165, 1.54) is 5.56 Å². The zero-order chi connectivity index (χ0) is 33.3. The summed E-state index contributed by atoms with van der Waals surface area (Å²) < 4.78 is 2.15. The van der Waals surface area contributed by atoms with Gasteiger partial charge in [-0.3, -0.25) is 9.97 Å². The van der Waals surface area contributed by atoms with E-state index >= 15 is 0 Å². The molecule has 0 unspecified atom stereocenters. The molecule has 242 valence electrons. The molecule has 0 aliphatic rings. The predicted octanol–water partition coefficient (Wildman–Crippen LogP) is 9.17. The Labute approximate surface area is 302 Å². The third kappa shape index (κ3) is 7.93. The van der Waals surface area contributed by atoms with Crippen molar-refractivity contribution in [1.82, 2.24) is 24.9 Å². The van der Waals surface area contributed by atoms with E-state index in [-0.39, 0.29) is 17.1 Å². The quantitative estimate of drug-likeness (QED) is 0.129. The molecule has 6 heterocycles. The van der Waals surface area contributed by atoms with Gasteiger partial charge in [0.05, 0.1) is 22.8 Å². The van der Waals surface area contributed by atoms with Crippen molar-refractivity contribution in [3.63, 3.8) is 0 Å². The molecule has 0 N–H and O–H groups in total. The van der Waals surface area contributed by atoms with Crippen LogP contribution in [0.25, 0.3) is 67.8 Å². The molecule has 8 rings (SSSR count). The fourth-order valence-electron chi connectivity index (χ4n) is 5.60. The van der Waals surface area contributed by atoms with Crippen LogP contribution in [0.5, 0.6) is 0 Å². The van der Waals surface area contributed by atoms with Crippen LogP contribution in [-0.2, 0) is 24.1 Å². The molecule has 8 aromatic rings. The van der Waals surface area contributed by atoms with Gasteiger partial charge in [-0.05, 0) is 82.9 Å². The number of benzene rings is 2. The van der Waals surface area contributed by atoms with Crippen molar-refractivity contribution in [1.29, 1.82) is 0 Å². The van der Waals surface area contributed by atoms with E-state index < -0.39 is 0 Å². The molecule has 6 aromatic heterocycles. The van der Waals surface area contributed by atoms with E-state index in [2.05, 4.69) is 92.2 Å². The van der Waals surface area contributed by atoms with Crippen LogP contribution in [0.1, 0.15) is 0 Å². The second-order valence-corrected chi connectivity index (χ2v) is 11.3. The van der Waals surface area contributed by atoms with Gasteiger partial charge in [0, 0.05) is 54.0 Å². The van der Waals surface area contributed by atoms with Gasteiger partial charge >= 0.3 is 0 Å². The molecular weight excluding hydrogens is 656 g/mol. The molecule has 0 saturated heterocycles. The van der Waals surface area contributed by atoms with Crippen molar-refractivity contribution in [2.45, 2.75) is 0 Å². The van der Waals surface area contributed by atoms with E-state index in [1.54, 1.807) is 12.4 Å². The third-order valence-corrected chi connectivity index (χ3v) is 8.06. The molecule has 0 atom stereocenters. The first-order valence-corrected chi connectivity index (χ1v) is 16.1. The largest absolute Gasteiger partial charge is 0.255 e. The van der Waals surface area contributed by atoms with Crippen LogP contribution < -0.4 is 4.57 Å². The zero-order valence-electron chi connectivity index (χ0n) is 27.4. The minimum Gasteiger partial charge on any atom is -0.255 e. The van der Waals surface area contributed by atoms with Gasteiger partial charge in [0.25, 0.3) is 0 Å². The number of aromatic nitrogens is 6. The van der Waals surface area contributed by atoms with Gasteiger partial charge < -0.3 is 0 Å². The summed E-state index contributed by atoms with van der Waals surface area (Å²) in [6.07, 6.45) is 7.22. The van der Waals surface area contributed by atoms with E-state index in [0.717, 1.165) is 62.2 Å². The summed E-state index contributed by atoms with van der Waals surface area (Å²) in [5.41, 5.74) is 12.0. The number of pyridine rings is 6. The van der Waals surface area contributed by atoms with Gasteiger partial charge in [0.1, 0.15) is 18.4 Å². The van der Waals surface area contributed by atoms with Crippen LogP contribution in [-0.4, -0.2) is 24.9 Å². The van der Waals surface area contributed by atoms with Crippen molar-refractivity contribution in [2.75, 3.05) is 0 Å². The number of hydrogen-bond donors (Lipinski definition) is 0. The Morgan fingerprint density at radius 2 is 0.680 bits per heavy atom. The summed E-state index contributed by atoms with van der Waals surface area (Å²) in [7, 11) is 2.06. The van der Waals surface area contributed by atoms with E-state index in [4.69, 9.17) is 4.98 Å². The Balaban J connectivity index is 0.000000170. The second kappa shape index (κ2) is 16.3. The van der Waals surface area contributed by atoms with Crippen LogP contribution in [0, 0.1) is 0 Å². The fourth-order valence-corrected chi connectivity index (χ4v) is 5.60. The average molecular weight is 690 g/mol. The Hall–Kier alpha value is -6.14. The van der Waals surface area contributed by atoms with Gasteiger partial charge in [0.15, 0.2) is 0 Å². The minimum absolute atomic E-state index is 0. The van der Waals surface area contributed by atoms with Gasteiger partial charge in [-0.15, -0.1) is 0 Å². The van der Waals surface area contributed by atoms with Crippen molar-refractivity contribution in [3.8, 4) is 67.8 Å². The first-order chi connectivity index (χ1) is 24.2. The monoisotopic (exact) mass is 689 g/mol. The Morgan fingerprint density at radius 3 is 1.04 bits per heavy atom. The first kappa shape index (κ1) is 33.7. The Kier molecular flexibility index (Phi) is 11.0. The molecule has 0 amide bonds. The standard InChI is InChI=1S/C22H18N3.C21H15N3.Fe/c1-25-21(19-11-5-7-13-23-19)15-18(17-9-3-2-4-10-17)16-22(25)20-12-6-8-14-24-20;1-2-8-16(9-3-1)17-14-20(18-10-4-6-12-22-18)24-21(15-17)19-11-5-7-13-23-19;/h2-16H,1H3;1-15H;/q+1;;. The normalized spacial score (nSPS) is 10.3. The number of nitrogens with zero attached hydrogens (tertiary/aromatic N) is 6. The molecule has 0 fully saturated rings. The molecule has 0 radical (unpaired) electrons. The maximum atomic E-state index is 4.77. The summed E-state index contributed by atoms with van der Waals surface area (Å²) in [5.74, 6) is 0. The Morgan fingerprint density at radius 1 is 0.340 bits per heavy atom. The molecule has 6 nitrogen and oxygen atoms in total. The summed E-state index contributed by atoms with van der Waals surface area (Å²) in [6.45, 7) is 0. The van der Waals surface area contributed by atoms with Crippen LogP contribution in [0.15, 0.2) is 183 Å². The maximum Gasteiger partial charge on any atom is 0.232 e. The average Bonchev–Trinajstić information content (AvgIpc) is 3.20. The van der Waals surface area contributed by atoms with Crippen molar-refractivity contribution in [3.05, 3.63) is 183 Å². The van der Waals surface area contributed by atoms with Gasteiger partial charge in [-0.25, -0.2) is 15.0 Å². The van der Waals surface area contributed by atoms with Gasteiger partial charge in [-0.1, -0.05) is 84.9 Å². The topological polar surface area (TPSA) is 68.3 Å². The predicted molar refractivity (Wildman–Crippen MR) is 196 cm³/mol. The van der Waals surface area contributed by atoms with E-state index in [1.807, 2.05) is 109 Å². The van der Waals surface area contributed by atoms with Crippen LogP contribution in [0.2, 0.25) is 0 Å². The Bertz CT molecular complexity index is 2050. The van der Waals surface area contributed by atoms with E-state index in [9.17, 15) is 0 Å². The summed E-state index contributed by atoms with van der Waals surface area (Å²) in [6, 6.07) is 52.9. The summed E-state index contributed by atoms with van der Waals surface area (Å²) in [4.78, 5) is 22.7. The number of rotatable bonds is 6. The summed E-state index contributed by atoms with van der Waals surface area (Å²) in [5, 5.41) is 0. The van der Waals surface area contributed by atoms with E-state index in [0.29, 0.717) is 0 Å². The van der Waals surface area contributed by atoms with Gasteiger partial charge in [-0.2, -0.15) is 4.57 Å². The van der Waals surface area contributed by atoms with Crippen LogP contribution in [0.4, 0.5) is 0 Å². The van der Waals surface area contributed by atoms with Gasteiger partial charge in [0.2, 0.25) is 11.4 Å². The SMILES string of the molecule is C[n+]1c(-c2ccccn2)cc(-c2ccccc2)cc1-c1ccccn1.[Fe].c1ccc(-c2cc(-c3ccccn3)nc(-c3ccccn3)c2)cc1. The molecule has 0 saturated carbocycles. The molecule has 0 aliphatic heterocycles. The molecule has 0 aliphatic carbocycles. The summed E-state index contributed by atoms with van der Waals surface area (Å²) >= 11 is 0.